The maximum atomic E-state index is 12.4. The van der Waals surface area contributed by atoms with Crippen LogP contribution in [0.25, 0.3) is 0 Å². The Morgan fingerprint density at radius 3 is 2.68 bits per heavy atom. The van der Waals surface area contributed by atoms with Gasteiger partial charge in [-0.1, -0.05) is 18.2 Å². The number of ether oxygens (including phenoxy) is 2. The zero-order valence-electron chi connectivity index (χ0n) is 13.9. The molecule has 0 radical (unpaired) electrons. The summed E-state index contributed by atoms with van der Waals surface area (Å²) in [7, 11) is 1.48. The molecule has 6 heteroatoms. The van der Waals surface area contributed by atoms with Gasteiger partial charge in [0, 0.05) is 18.3 Å². The lowest BCUT2D eigenvalue weighted by Crippen LogP contribution is -2.37. The van der Waals surface area contributed by atoms with E-state index < -0.39 is 0 Å². The fourth-order valence-electron chi connectivity index (χ4n) is 5.21. The molecule has 4 aliphatic rings. The van der Waals surface area contributed by atoms with Gasteiger partial charge in [-0.3, -0.25) is 4.79 Å². The molecule has 1 N–H and O–H groups in total. The van der Waals surface area contributed by atoms with Gasteiger partial charge in [-0.05, 0) is 42.7 Å². The Balaban J connectivity index is 1.37. The molecule has 4 fully saturated rings. The summed E-state index contributed by atoms with van der Waals surface area (Å²) >= 11 is 0. The zero-order valence-corrected chi connectivity index (χ0v) is 13.9. The van der Waals surface area contributed by atoms with E-state index in [0.717, 1.165) is 18.6 Å². The van der Waals surface area contributed by atoms with E-state index in [1.807, 2.05) is 30.3 Å². The molecule has 6 rings (SSSR count). The number of hydrogen-bond acceptors (Lipinski definition) is 6. The van der Waals surface area contributed by atoms with E-state index >= 15 is 0 Å². The monoisotopic (exact) mass is 337 g/mol. The molecular formula is C19H19N3O3. The molecule has 1 aromatic heterocycles. The average Bonchev–Trinajstić information content (AvgIpc) is 2.98. The first-order valence-electron chi connectivity index (χ1n) is 8.64. The number of nitrogens with zero attached hydrogens (tertiary/aromatic N) is 2. The first-order valence-corrected chi connectivity index (χ1v) is 8.64. The number of benzene rings is 1. The fraction of sp³-hybridized carbons (Fsp3) is 0.421. The van der Waals surface area contributed by atoms with Gasteiger partial charge in [0.05, 0.1) is 12.5 Å². The Bertz CT molecular complexity index is 814. The second-order valence-electron chi connectivity index (χ2n) is 7.12. The number of aromatic nitrogens is 2. The Morgan fingerprint density at radius 1 is 1.20 bits per heavy atom. The Hall–Kier alpha value is -2.63. The van der Waals surface area contributed by atoms with E-state index in [-0.39, 0.29) is 17.4 Å². The summed E-state index contributed by atoms with van der Waals surface area (Å²) in [6, 6.07) is 11.3. The van der Waals surface area contributed by atoms with Gasteiger partial charge in [-0.15, -0.1) is 0 Å². The Kier molecular flexibility index (Phi) is 3.04. The van der Waals surface area contributed by atoms with Crippen LogP contribution in [0.1, 0.15) is 12.8 Å². The number of rotatable bonds is 5. The minimum Gasteiger partial charge on any atom is -0.469 e. The molecule has 0 saturated heterocycles. The first kappa shape index (κ1) is 14.7. The van der Waals surface area contributed by atoms with Gasteiger partial charge in [0.1, 0.15) is 5.75 Å². The van der Waals surface area contributed by atoms with Crippen molar-refractivity contribution in [3.05, 3.63) is 42.6 Å². The number of methoxy groups -OCH3 is 1. The highest BCUT2D eigenvalue weighted by molar-refractivity contribution is 5.85. The van der Waals surface area contributed by atoms with Crippen molar-refractivity contribution >= 4 is 11.9 Å². The van der Waals surface area contributed by atoms with Crippen molar-refractivity contribution in [3.63, 3.8) is 0 Å². The molecule has 2 aromatic rings. The number of esters is 1. The van der Waals surface area contributed by atoms with Crippen LogP contribution < -0.4 is 10.1 Å². The standard InChI is InChI=1S/C19H19N3O3/c1-24-17(23)19-13-9-11(10-14(13)19)16(19)22-18-20-8-7-15(21-18)25-12-5-3-2-4-6-12/h2-8,11,13-14,16H,9-10H2,1H3,(H,20,21,22). The van der Waals surface area contributed by atoms with Gasteiger partial charge in [0.15, 0.2) is 0 Å². The normalized spacial score (nSPS) is 33.8. The van der Waals surface area contributed by atoms with Crippen LogP contribution in [0, 0.1) is 23.2 Å². The van der Waals surface area contributed by atoms with Crippen molar-refractivity contribution in [2.75, 3.05) is 12.4 Å². The van der Waals surface area contributed by atoms with Crippen LogP contribution in [0.5, 0.6) is 11.6 Å². The van der Waals surface area contributed by atoms with Gasteiger partial charge in [0.2, 0.25) is 11.8 Å². The maximum absolute atomic E-state index is 12.4. The summed E-state index contributed by atoms with van der Waals surface area (Å²) in [6.45, 7) is 0. The Morgan fingerprint density at radius 2 is 1.96 bits per heavy atom. The highest BCUT2D eigenvalue weighted by Gasteiger charge is 2.84. The van der Waals surface area contributed by atoms with Crippen molar-refractivity contribution in [1.29, 1.82) is 0 Å². The summed E-state index contributed by atoms with van der Waals surface area (Å²) in [5.74, 6) is 3.04. The molecule has 3 atom stereocenters. The molecule has 0 spiro atoms. The number of para-hydroxylation sites is 1. The zero-order chi connectivity index (χ0) is 17.0. The lowest BCUT2D eigenvalue weighted by atomic mass is 9.97. The van der Waals surface area contributed by atoms with E-state index in [9.17, 15) is 4.79 Å². The van der Waals surface area contributed by atoms with Gasteiger partial charge in [-0.2, -0.15) is 4.98 Å². The predicted octanol–water partition coefficient (Wildman–Crippen LogP) is 2.88. The third-order valence-corrected chi connectivity index (χ3v) is 6.12. The third-order valence-electron chi connectivity index (χ3n) is 6.12. The summed E-state index contributed by atoms with van der Waals surface area (Å²) in [5.41, 5.74) is -0.362. The second-order valence-corrected chi connectivity index (χ2v) is 7.12. The predicted molar refractivity (Wildman–Crippen MR) is 90.1 cm³/mol. The summed E-state index contributed by atoms with van der Waals surface area (Å²) < 4.78 is 10.9. The maximum Gasteiger partial charge on any atom is 0.314 e. The van der Waals surface area contributed by atoms with E-state index in [2.05, 4.69) is 15.3 Å². The van der Waals surface area contributed by atoms with Crippen molar-refractivity contribution in [1.82, 2.24) is 9.97 Å². The summed E-state index contributed by atoms with van der Waals surface area (Å²) in [5, 5.41) is 3.40. The highest BCUT2D eigenvalue weighted by atomic mass is 16.5. The Labute approximate surface area is 145 Å². The minimum absolute atomic E-state index is 0.0573. The number of nitrogens with one attached hydrogen (secondary N) is 1. The van der Waals surface area contributed by atoms with Crippen LogP contribution in [0.2, 0.25) is 0 Å². The molecule has 4 saturated carbocycles. The molecule has 128 valence electrons. The summed E-state index contributed by atoms with van der Waals surface area (Å²) in [6.07, 6.45) is 3.86. The lowest BCUT2D eigenvalue weighted by molar-refractivity contribution is -0.147. The minimum atomic E-state index is -0.362. The average molecular weight is 337 g/mol. The smallest absolute Gasteiger partial charge is 0.314 e. The van der Waals surface area contributed by atoms with E-state index in [1.54, 1.807) is 12.3 Å². The van der Waals surface area contributed by atoms with Crippen LogP contribution in [-0.4, -0.2) is 29.1 Å². The lowest BCUT2D eigenvalue weighted by Gasteiger charge is -2.23. The second kappa shape index (κ2) is 5.18. The molecule has 4 aliphatic carbocycles. The molecule has 0 amide bonds. The van der Waals surface area contributed by atoms with Crippen LogP contribution in [0.4, 0.5) is 5.95 Å². The number of carbonyl (C=O) groups is 1. The van der Waals surface area contributed by atoms with Crippen LogP contribution in [0.3, 0.4) is 0 Å². The molecule has 4 bridgehead atoms. The van der Waals surface area contributed by atoms with Gasteiger partial charge in [0.25, 0.3) is 0 Å². The molecule has 25 heavy (non-hydrogen) atoms. The third kappa shape index (κ3) is 2.00. The molecule has 1 heterocycles. The molecule has 3 unspecified atom stereocenters. The largest absolute Gasteiger partial charge is 0.469 e. The van der Waals surface area contributed by atoms with Crippen molar-refractivity contribution < 1.29 is 14.3 Å². The number of anilines is 1. The van der Waals surface area contributed by atoms with Crippen molar-refractivity contribution in [2.45, 2.75) is 18.9 Å². The molecular weight excluding hydrogens is 318 g/mol. The van der Waals surface area contributed by atoms with Crippen molar-refractivity contribution in [3.8, 4) is 11.6 Å². The van der Waals surface area contributed by atoms with Crippen LogP contribution in [-0.2, 0) is 9.53 Å². The van der Waals surface area contributed by atoms with Gasteiger partial charge in [-0.25, -0.2) is 4.98 Å². The van der Waals surface area contributed by atoms with Gasteiger partial charge < -0.3 is 14.8 Å². The van der Waals surface area contributed by atoms with E-state index in [4.69, 9.17) is 9.47 Å². The SMILES string of the molecule is COC(=O)C12C3CC(CC31)C2Nc1nccc(Oc2ccccc2)n1. The quantitative estimate of drug-likeness (QED) is 0.846. The molecule has 1 aromatic carbocycles. The number of hydrogen-bond donors (Lipinski definition) is 1. The molecule has 6 nitrogen and oxygen atoms in total. The fourth-order valence-corrected chi connectivity index (χ4v) is 5.21. The number of carbonyl (C=O) groups excluding carboxylic acids is 1. The highest BCUT2D eigenvalue weighted by Crippen LogP contribution is 2.79. The van der Waals surface area contributed by atoms with Crippen molar-refractivity contribution in [2.24, 2.45) is 23.2 Å². The van der Waals surface area contributed by atoms with E-state index in [0.29, 0.717) is 29.6 Å². The first-order chi connectivity index (χ1) is 12.2. The van der Waals surface area contributed by atoms with E-state index in [1.165, 1.54) is 7.11 Å². The summed E-state index contributed by atoms with van der Waals surface area (Å²) in [4.78, 5) is 21.2. The van der Waals surface area contributed by atoms with Gasteiger partial charge >= 0.3 is 5.97 Å². The van der Waals surface area contributed by atoms with Crippen LogP contribution in [0.15, 0.2) is 42.6 Å². The topological polar surface area (TPSA) is 73.3 Å². The molecule has 0 aliphatic heterocycles. The van der Waals surface area contributed by atoms with Crippen LogP contribution >= 0.6 is 0 Å².